The van der Waals surface area contributed by atoms with Crippen molar-refractivity contribution >= 4 is 11.6 Å². The van der Waals surface area contributed by atoms with Crippen molar-refractivity contribution in [3.05, 3.63) is 35.6 Å². The van der Waals surface area contributed by atoms with Crippen LogP contribution in [0.25, 0.3) is 0 Å². The van der Waals surface area contributed by atoms with Crippen molar-refractivity contribution in [1.82, 2.24) is 0 Å². The van der Waals surface area contributed by atoms with Gasteiger partial charge in [0, 0.05) is 16.4 Å². The molecule has 3 fully saturated rings. The van der Waals surface area contributed by atoms with Crippen molar-refractivity contribution in [3.8, 4) is 0 Å². The van der Waals surface area contributed by atoms with Crippen LogP contribution >= 0.6 is 0 Å². The third kappa shape index (κ3) is 1.86. The number of rotatable bonds is 0. The number of ketones is 2. The van der Waals surface area contributed by atoms with E-state index in [1.165, 1.54) is 6.08 Å². The molecule has 0 bridgehead atoms. The lowest BCUT2D eigenvalue weighted by molar-refractivity contribution is -0.135. The topological polar surface area (TPSA) is 54.4 Å². The fourth-order valence-corrected chi connectivity index (χ4v) is 6.40. The Kier molecular flexibility index (Phi) is 3.30. The number of aliphatic hydroxyl groups is 1. The number of carbonyl (C=O) groups excluding carboxylic acids is 2. The van der Waals surface area contributed by atoms with Crippen LogP contribution in [0.1, 0.15) is 40.0 Å². The molecule has 0 aliphatic heterocycles. The monoisotopic (exact) mass is 344 g/mol. The molecule has 7 atom stereocenters. The lowest BCUT2D eigenvalue weighted by atomic mass is 9.45. The van der Waals surface area contributed by atoms with E-state index in [9.17, 15) is 19.1 Å². The molecular weight excluding hydrogens is 319 g/mol. The summed E-state index contributed by atoms with van der Waals surface area (Å²) in [6, 6.07) is 0. The Morgan fingerprint density at radius 3 is 2.64 bits per heavy atom. The van der Waals surface area contributed by atoms with Crippen LogP contribution in [0.5, 0.6) is 0 Å². The van der Waals surface area contributed by atoms with Crippen LogP contribution in [0.15, 0.2) is 35.6 Å². The highest BCUT2D eigenvalue weighted by molar-refractivity contribution is 6.04. The zero-order chi connectivity index (χ0) is 18.3. The molecule has 0 aromatic rings. The molecule has 25 heavy (non-hydrogen) atoms. The van der Waals surface area contributed by atoms with Gasteiger partial charge in [-0.05, 0) is 54.6 Å². The minimum atomic E-state index is -1.36. The molecule has 0 aromatic carbocycles. The number of alkyl halides is 1. The highest BCUT2D eigenvalue weighted by atomic mass is 19.1. The SMILES string of the molecule is C=C1C2=C(O)C(=O)C=C[C@]2(C)[C@H]2CC[C@]3(C)C(=O)[C@@H](F)C[C@H]3[C@@H]2[C@@H]1C. The summed E-state index contributed by atoms with van der Waals surface area (Å²) in [7, 11) is 0. The van der Waals surface area contributed by atoms with Crippen molar-refractivity contribution in [3.63, 3.8) is 0 Å². The molecule has 134 valence electrons. The Hall–Kier alpha value is -1.71. The summed E-state index contributed by atoms with van der Waals surface area (Å²) in [5.41, 5.74) is 0.338. The van der Waals surface area contributed by atoms with Crippen LogP contribution in [0.3, 0.4) is 0 Å². The number of fused-ring (bicyclic) bond motifs is 5. The van der Waals surface area contributed by atoms with Crippen molar-refractivity contribution in [2.75, 3.05) is 0 Å². The Balaban J connectivity index is 1.85. The molecule has 1 N–H and O–H groups in total. The van der Waals surface area contributed by atoms with Crippen LogP contribution in [0.4, 0.5) is 4.39 Å². The van der Waals surface area contributed by atoms with E-state index in [0.29, 0.717) is 12.0 Å². The van der Waals surface area contributed by atoms with Gasteiger partial charge in [-0.1, -0.05) is 33.4 Å². The fraction of sp³-hybridized carbons (Fsp3) is 0.619. The molecule has 0 heterocycles. The van der Waals surface area contributed by atoms with E-state index >= 15 is 0 Å². The second-order valence-electron chi connectivity index (χ2n) is 8.83. The number of aliphatic hydroxyl groups excluding tert-OH is 1. The first kappa shape index (κ1) is 16.7. The molecule has 0 unspecified atom stereocenters. The Morgan fingerprint density at radius 2 is 1.96 bits per heavy atom. The summed E-state index contributed by atoms with van der Waals surface area (Å²) in [6.45, 7) is 10.2. The smallest absolute Gasteiger partial charge is 0.220 e. The maximum atomic E-state index is 14.3. The first-order valence-corrected chi connectivity index (χ1v) is 9.17. The molecular formula is C21H25FO3. The summed E-state index contributed by atoms with van der Waals surface area (Å²) >= 11 is 0. The highest BCUT2D eigenvalue weighted by Crippen LogP contribution is 2.66. The van der Waals surface area contributed by atoms with Crippen molar-refractivity contribution in [2.24, 2.45) is 34.5 Å². The predicted molar refractivity (Wildman–Crippen MR) is 92.5 cm³/mol. The van der Waals surface area contributed by atoms with Crippen LogP contribution in [0, 0.1) is 34.5 Å². The Labute approximate surface area is 147 Å². The van der Waals surface area contributed by atoms with Crippen LogP contribution in [0.2, 0.25) is 0 Å². The second-order valence-corrected chi connectivity index (χ2v) is 8.83. The summed E-state index contributed by atoms with van der Waals surface area (Å²) in [6.07, 6.45) is 3.73. The number of allylic oxidation sites excluding steroid dienone is 4. The highest BCUT2D eigenvalue weighted by Gasteiger charge is 2.64. The molecule has 0 saturated heterocycles. The number of hydrogen-bond acceptors (Lipinski definition) is 3. The lowest BCUT2D eigenvalue weighted by Crippen LogP contribution is -2.53. The molecule has 0 amide bonds. The largest absolute Gasteiger partial charge is 0.504 e. The van der Waals surface area contributed by atoms with Crippen molar-refractivity contribution in [2.45, 2.75) is 46.2 Å². The third-order valence-corrected chi connectivity index (χ3v) is 7.84. The summed E-state index contributed by atoms with van der Waals surface area (Å²) in [4.78, 5) is 24.5. The van der Waals surface area contributed by atoms with Crippen molar-refractivity contribution in [1.29, 1.82) is 0 Å². The molecule has 4 aliphatic rings. The zero-order valence-electron chi connectivity index (χ0n) is 15.0. The third-order valence-electron chi connectivity index (χ3n) is 7.84. The predicted octanol–water partition coefficient (Wildman–Crippen LogP) is 4.11. The Bertz CT molecular complexity index is 763. The van der Waals surface area contributed by atoms with Gasteiger partial charge in [0.2, 0.25) is 5.78 Å². The van der Waals surface area contributed by atoms with Crippen LogP contribution in [-0.4, -0.2) is 22.8 Å². The standard InChI is InChI=1S/C21H25FO3/c1-10-11(2)17-18(24)15(23)6-8-20(17,3)12-5-7-21(4)13(16(10)12)9-14(22)19(21)25/h6,8,10,12-14,16,24H,2,5,7,9H2,1,3-4H3/t10-,12+,13+,14+,16-,20-,21+/m1/s1. The van der Waals surface area contributed by atoms with Crippen LogP contribution < -0.4 is 0 Å². The number of hydrogen-bond donors (Lipinski definition) is 1. The van der Waals surface area contributed by atoms with Gasteiger partial charge < -0.3 is 5.11 Å². The average Bonchev–Trinajstić information content (AvgIpc) is 2.80. The summed E-state index contributed by atoms with van der Waals surface area (Å²) in [5, 5.41) is 10.4. The maximum absolute atomic E-state index is 14.3. The van der Waals surface area contributed by atoms with Gasteiger partial charge in [-0.15, -0.1) is 0 Å². The van der Waals surface area contributed by atoms with Gasteiger partial charge in [0.1, 0.15) is 0 Å². The molecule has 0 radical (unpaired) electrons. The van der Waals surface area contributed by atoms with E-state index in [0.717, 1.165) is 12.0 Å². The average molecular weight is 344 g/mol. The Morgan fingerprint density at radius 1 is 1.28 bits per heavy atom. The van der Waals surface area contributed by atoms with Crippen molar-refractivity contribution < 1.29 is 19.1 Å². The second kappa shape index (κ2) is 4.93. The minimum Gasteiger partial charge on any atom is -0.504 e. The van der Waals surface area contributed by atoms with Gasteiger partial charge in [-0.2, -0.15) is 0 Å². The van der Waals surface area contributed by atoms with E-state index in [2.05, 4.69) is 6.58 Å². The molecule has 4 aliphatic carbocycles. The summed E-state index contributed by atoms with van der Waals surface area (Å²) in [5.74, 6) is -0.498. The van der Waals surface area contributed by atoms with E-state index in [-0.39, 0.29) is 47.4 Å². The molecule has 4 heteroatoms. The van der Waals surface area contributed by atoms with Gasteiger partial charge in [-0.25, -0.2) is 4.39 Å². The van der Waals surface area contributed by atoms with E-state index < -0.39 is 17.0 Å². The lowest BCUT2D eigenvalue weighted by Gasteiger charge is -2.58. The van der Waals surface area contributed by atoms with E-state index in [1.54, 1.807) is 0 Å². The molecule has 0 spiro atoms. The minimum absolute atomic E-state index is 0.00736. The van der Waals surface area contributed by atoms with Crippen LogP contribution in [-0.2, 0) is 9.59 Å². The molecule has 0 aromatic heterocycles. The van der Waals surface area contributed by atoms with Gasteiger partial charge in [0.05, 0.1) is 0 Å². The zero-order valence-corrected chi connectivity index (χ0v) is 15.0. The van der Waals surface area contributed by atoms with Gasteiger partial charge in [-0.3, -0.25) is 9.59 Å². The van der Waals surface area contributed by atoms with Gasteiger partial charge in [0.15, 0.2) is 17.7 Å². The summed E-state index contributed by atoms with van der Waals surface area (Å²) < 4.78 is 14.3. The van der Waals surface area contributed by atoms with E-state index in [4.69, 9.17) is 0 Å². The number of halogens is 1. The molecule has 3 saturated carbocycles. The first-order chi connectivity index (χ1) is 11.6. The molecule has 4 rings (SSSR count). The first-order valence-electron chi connectivity index (χ1n) is 9.17. The normalized spacial score (nSPS) is 49.1. The number of carbonyl (C=O) groups is 2. The molecule has 3 nitrogen and oxygen atoms in total. The quantitative estimate of drug-likeness (QED) is 0.719. The number of Topliss-reactive ketones (excluding diaryl/α,β-unsaturated/α-hetero) is 1. The van der Waals surface area contributed by atoms with Gasteiger partial charge in [0.25, 0.3) is 0 Å². The van der Waals surface area contributed by atoms with E-state index in [1.807, 2.05) is 26.8 Å². The fourth-order valence-electron chi connectivity index (χ4n) is 6.40. The maximum Gasteiger partial charge on any atom is 0.220 e. The van der Waals surface area contributed by atoms with Gasteiger partial charge >= 0.3 is 0 Å².